The maximum Gasteiger partial charge on any atom is 0.314 e. The Hall–Kier alpha value is -1.99. The van der Waals surface area contributed by atoms with E-state index in [-0.39, 0.29) is 18.1 Å². The van der Waals surface area contributed by atoms with Gasteiger partial charge in [0.05, 0.1) is 17.6 Å². The van der Waals surface area contributed by atoms with Crippen molar-refractivity contribution in [3.05, 3.63) is 62.4 Å². The van der Waals surface area contributed by atoms with Crippen LogP contribution in [0.25, 0.3) is 0 Å². The molecule has 20 heavy (non-hydrogen) atoms. The Kier molecular flexibility index (Phi) is 4.31. The molecular formula is C13H9BrFNO4. The molecule has 0 amide bonds. The third kappa shape index (κ3) is 3.12. The van der Waals surface area contributed by atoms with Gasteiger partial charge in [-0.2, -0.15) is 0 Å². The highest BCUT2D eigenvalue weighted by Crippen LogP contribution is 2.34. The summed E-state index contributed by atoms with van der Waals surface area (Å²) in [6.45, 7) is -0.280. The third-order valence-corrected chi connectivity index (χ3v) is 3.03. The maximum atomic E-state index is 13.0. The minimum atomic E-state index is -0.727. The smallest absolute Gasteiger partial charge is 0.314 e. The van der Waals surface area contributed by atoms with Crippen molar-refractivity contribution in [2.75, 3.05) is 0 Å². The second-order valence-corrected chi connectivity index (χ2v) is 4.80. The van der Waals surface area contributed by atoms with E-state index < -0.39 is 16.4 Å². The van der Waals surface area contributed by atoms with Gasteiger partial charge in [-0.05, 0) is 24.3 Å². The first-order valence-electron chi connectivity index (χ1n) is 5.52. The molecule has 104 valence electrons. The van der Waals surface area contributed by atoms with Crippen LogP contribution in [0.4, 0.5) is 10.1 Å². The topological polar surface area (TPSA) is 72.6 Å². The van der Waals surface area contributed by atoms with Crippen LogP contribution in [0.2, 0.25) is 0 Å². The van der Waals surface area contributed by atoms with Crippen LogP contribution in [0.1, 0.15) is 5.56 Å². The van der Waals surface area contributed by atoms with E-state index in [9.17, 15) is 19.6 Å². The first kappa shape index (κ1) is 14.4. The van der Waals surface area contributed by atoms with Gasteiger partial charge in [-0.1, -0.05) is 22.0 Å². The van der Waals surface area contributed by atoms with Gasteiger partial charge in [0.1, 0.15) is 11.6 Å². The van der Waals surface area contributed by atoms with E-state index in [0.717, 1.165) is 12.1 Å². The van der Waals surface area contributed by atoms with E-state index in [1.165, 1.54) is 6.07 Å². The van der Waals surface area contributed by atoms with Crippen LogP contribution < -0.4 is 4.74 Å². The summed E-state index contributed by atoms with van der Waals surface area (Å²) in [5, 5.41) is 20.1. The number of rotatable bonds is 4. The number of halogens is 2. The van der Waals surface area contributed by atoms with Crippen molar-refractivity contribution in [2.45, 2.75) is 6.61 Å². The number of nitro groups is 1. The van der Waals surface area contributed by atoms with E-state index in [1.807, 2.05) is 0 Å². The minimum absolute atomic E-state index is 0.0933. The Morgan fingerprint density at radius 3 is 2.65 bits per heavy atom. The van der Waals surface area contributed by atoms with Crippen molar-refractivity contribution in [1.29, 1.82) is 0 Å². The van der Waals surface area contributed by atoms with Gasteiger partial charge in [0, 0.05) is 10.0 Å². The number of hydrogen-bond acceptors (Lipinski definition) is 4. The zero-order valence-electron chi connectivity index (χ0n) is 10.0. The summed E-state index contributed by atoms with van der Waals surface area (Å²) in [6.07, 6.45) is 0. The van der Waals surface area contributed by atoms with Gasteiger partial charge in [-0.15, -0.1) is 0 Å². The summed E-state index contributed by atoms with van der Waals surface area (Å²) in [4.78, 5) is 10.2. The summed E-state index contributed by atoms with van der Waals surface area (Å²) in [5.41, 5.74) is -0.0133. The molecule has 2 aromatic carbocycles. The number of nitrogens with zero attached hydrogens (tertiary/aromatic N) is 1. The molecule has 0 aliphatic rings. The first-order chi connectivity index (χ1) is 9.51. The number of benzene rings is 2. The molecule has 0 spiro atoms. The fourth-order valence-corrected chi connectivity index (χ4v) is 1.93. The Balaban J connectivity index is 2.44. The van der Waals surface area contributed by atoms with Gasteiger partial charge >= 0.3 is 5.69 Å². The fourth-order valence-electron chi connectivity index (χ4n) is 1.59. The van der Waals surface area contributed by atoms with Crippen molar-refractivity contribution in [3.8, 4) is 11.5 Å². The molecule has 0 radical (unpaired) electrons. The second kappa shape index (κ2) is 5.98. The zero-order chi connectivity index (χ0) is 14.7. The molecule has 0 fully saturated rings. The number of nitro benzene ring substituents is 1. The molecule has 0 bridgehead atoms. The number of ether oxygens (including phenoxy) is 1. The number of aliphatic hydroxyl groups is 1. The van der Waals surface area contributed by atoms with Gasteiger partial charge in [0.25, 0.3) is 0 Å². The highest BCUT2D eigenvalue weighted by Gasteiger charge is 2.18. The van der Waals surface area contributed by atoms with Crippen molar-refractivity contribution in [2.24, 2.45) is 0 Å². The lowest BCUT2D eigenvalue weighted by molar-refractivity contribution is -0.385. The molecule has 0 unspecified atom stereocenters. The first-order valence-corrected chi connectivity index (χ1v) is 6.31. The quantitative estimate of drug-likeness (QED) is 0.678. The lowest BCUT2D eigenvalue weighted by Crippen LogP contribution is -1.97. The molecule has 2 aromatic rings. The van der Waals surface area contributed by atoms with E-state index >= 15 is 0 Å². The van der Waals surface area contributed by atoms with E-state index in [2.05, 4.69) is 15.9 Å². The molecule has 0 heterocycles. The number of aliphatic hydroxyl groups excluding tert-OH is 1. The summed E-state index contributed by atoms with van der Waals surface area (Å²) < 4.78 is 19.2. The molecule has 0 saturated carbocycles. The van der Waals surface area contributed by atoms with Crippen LogP contribution in [0, 0.1) is 15.9 Å². The molecule has 0 saturated heterocycles. The van der Waals surface area contributed by atoms with Gasteiger partial charge < -0.3 is 9.84 Å². The highest BCUT2D eigenvalue weighted by atomic mass is 79.9. The van der Waals surface area contributed by atoms with Gasteiger partial charge in [-0.3, -0.25) is 10.1 Å². The lowest BCUT2D eigenvalue weighted by atomic mass is 10.2. The van der Waals surface area contributed by atoms with Crippen LogP contribution >= 0.6 is 15.9 Å². The predicted molar refractivity (Wildman–Crippen MR) is 73.2 cm³/mol. The molecule has 0 aliphatic carbocycles. The lowest BCUT2D eigenvalue weighted by Gasteiger charge is -2.10. The van der Waals surface area contributed by atoms with Crippen LogP contribution in [-0.4, -0.2) is 10.0 Å². The van der Waals surface area contributed by atoms with Crippen LogP contribution in [0.3, 0.4) is 0 Å². The van der Waals surface area contributed by atoms with E-state index in [1.54, 1.807) is 18.2 Å². The van der Waals surface area contributed by atoms with Crippen molar-refractivity contribution in [1.82, 2.24) is 0 Å². The normalized spacial score (nSPS) is 10.3. The Morgan fingerprint density at radius 2 is 2.00 bits per heavy atom. The number of hydrogen-bond donors (Lipinski definition) is 1. The highest BCUT2D eigenvalue weighted by molar-refractivity contribution is 9.10. The molecule has 0 atom stereocenters. The second-order valence-electron chi connectivity index (χ2n) is 3.88. The summed E-state index contributed by atoms with van der Waals surface area (Å²) in [6, 6.07) is 7.92. The van der Waals surface area contributed by atoms with Crippen LogP contribution in [-0.2, 0) is 6.61 Å². The molecule has 0 aromatic heterocycles. The molecule has 0 aliphatic heterocycles. The maximum absolute atomic E-state index is 13.0. The van der Waals surface area contributed by atoms with E-state index in [0.29, 0.717) is 10.0 Å². The average molecular weight is 342 g/mol. The van der Waals surface area contributed by atoms with Gasteiger partial charge in [0.15, 0.2) is 0 Å². The molecule has 5 nitrogen and oxygen atoms in total. The van der Waals surface area contributed by atoms with Crippen molar-refractivity contribution in [3.63, 3.8) is 0 Å². The molecule has 2 rings (SSSR count). The predicted octanol–water partition coefficient (Wildman–Crippen LogP) is 3.78. The molecular weight excluding hydrogens is 333 g/mol. The van der Waals surface area contributed by atoms with Crippen molar-refractivity contribution < 1.29 is 19.2 Å². The third-order valence-electron chi connectivity index (χ3n) is 2.54. The largest absolute Gasteiger partial charge is 0.450 e. The SMILES string of the molecule is O=[N+]([O-])c1cc(F)ccc1Oc1cc(Br)ccc1CO. The monoisotopic (exact) mass is 341 g/mol. The molecule has 7 heteroatoms. The zero-order valence-corrected chi connectivity index (χ0v) is 11.6. The Bertz CT molecular complexity index is 663. The average Bonchev–Trinajstić information content (AvgIpc) is 2.41. The Morgan fingerprint density at radius 1 is 1.25 bits per heavy atom. The van der Waals surface area contributed by atoms with Crippen molar-refractivity contribution >= 4 is 21.6 Å². The van der Waals surface area contributed by atoms with Gasteiger partial charge in [0.2, 0.25) is 5.75 Å². The van der Waals surface area contributed by atoms with Crippen LogP contribution in [0.15, 0.2) is 40.9 Å². The van der Waals surface area contributed by atoms with Crippen LogP contribution in [0.5, 0.6) is 11.5 Å². The Labute approximate surface area is 121 Å². The summed E-state index contributed by atoms with van der Waals surface area (Å²) in [7, 11) is 0. The van der Waals surface area contributed by atoms with E-state index in [4.69, 9.17) is 4.74 Å². The molecule has 1 N–H and O–H groups in total. The fraction of sp³-hybridized carbons (Fsp3) is 0.0769. The summed E-state index contributed by atoms with van der Waals surface area (Å²) >= 11 is 3.24. The standard InChI is InChI=1S/C13H9BrFNO4/c14-9-2-1-8(7-17)13(5-9)20-12-4-3-10(15)6-11(12)16(18)19/h1-6,17H,7H2. The van der Waals surface area contributed by atoms with Gasteiger partial charge in [-0.25, -0.2) is 4.39 Å². The summed E-state index contributed by atoms with van der Waals surface area (Å²) in [5.74, 6) is -0.554. The minimum Gasteiger partial charge on any atom is -0.450 e.